The molecule has 0 aromatic heterocycles. The Morgan fingerprint density at radius 1 is 1.12 bits per heavy atom. The summed E-state index contributed by atoms with van der Waals surface area (Å²) in [5, 5.41) is -0.480. The predicted molar refractivity (Wildman–Crippen MR) is 73.0 cm³/mol. The van der Waals surface area contributed by atoms with E-state index in [2.05, 4.69) is 15.9 Å². The Balaban J connectivity index is 2.43. The Morgan fingerprint density at radius 3 is 2.35 bits per heavy atom. The van der Waals surface area contributed by atoms with Crippen LogP contribution in [0.5, 0.6) is 0 Å². The van der Waals surface area contributed by atoms with Gasteiger partial charge in [-0.3, -0.25) is 0 Å². The summed E-state index contributed by atoms with van der Waals surface area (Å²) in [6.07, 6.45) is 0. The van der Waals surface area contributed by atoms with Crippen LogP contribution in [0.3, 0.4) is 0 Å². The molecule has 2 aromatic rings. The van der Waals surface area contributed by atoms with Crippen molar-refractivity contribution in [3.8, 4) is 0 Å². The quantitative estimate of drug-likeness (QED) is 0.666. The molecule has 0 amide bonds. The third-order valence-corrected chi connectivity index (χ3v) is 3.78. The van der Waals surface area contributed by atoms with E-state index in [0.717, 1.165) is 11.1 Å². The van der Waals surface area contributed by atoms with E-state index in [4.69, 9.17) is 11.6 Å². The number of alkyl halides is 1. The maximum atomic E-state index is 13.8. The van der Waals surface area contributed by atoms with E-state index in [1.165, 1.54) is 6.07 Å². The van der Waals surface area contributed by atoms with Crippen LogP contribution in [-0.2, 0) is 0 Å². The van der Waals surface area contributed by atoms with Gasteiger partial charge < -0.3 is 0 Å². The maximum absolute atomic E-state index is 13.8. The monoisotopic (exact) mass is 312 g/mol. The van der Waals surface area contributed by atoms with Gasteiger partial charge in [0, 0.05) is 10.0 Å². The zero-order valence-electron chi connectivity index (χ0n) is 9.25. The van der Waals surface area contributed by atoms with Gasteiger partial charge in [-0.2, -0.15) is 0 Å². The molecule has 0 saturated carbocycles. The summed E-state index contributed by atoms with van der Waals surface area (Å²) in [6.45, 7) is 2.01. The molecule has 0 spiro atoms. The summed E-state index contributed by atoms with van der Waals surface area (Å²) in [5.74, 6) is -0.292. The van der Waals surface area contributed by atoms with Gasteiger partial charge in [0.15, 0.2) is 0 Å². The van der Waals surface area contributed by atoms with Crippen molar-refractivity contribution in [2.45, 2.75) is 12.3 Å². The smallest absolute Gasteiger partial charge is 0.129 e. The lowest BCUT2D eigenvalue weighted by atomic mass is 10.0. The highest BCUT2D eigenvalue weighted by Crippen LogP contribution is 2.35. The molecule has 0 fully saturated rings. The van der Waals surface area contributed by atoms with Gasteiger partial charge >= 0.3 is 0 Å². The van der Waals surface area contributed by atoms with Crippen LogP contribution < -0.4 is 0 Å². The largest absolute Gasteiger partial charge is 0.207 e. The molecule has 0 bridgehead atoms. The molecule has 2 aromatic carbocycles. The number of hydrogen-bond acceptors (Lipinski definition) is 0. The first-order valence-electron chi connectivity index (χ1n) is 5.24. The van der Waals surface area contributed by atoms with Crippen molar-refractivity contribution in [1.29, 1.82) is 0 Å². The first kappa shape index (κ1) is 12.6. The highest BCUT2D eigenvalue weighted by Gasteiger charge is 2.17. The molecule has 0 aliphatic heterocycles. The zero-order chi connectivity index (χ0) is 12.4. The van der Waals surface area contributed by atoms with Gasteiger partial charge in [-0.25, -0.2) is 4.39 Å². The van der Waals surface area contributed by atoms with Crippen LogP contribution in [0.1, 0.15) is 22.1 Å². The van der Waals surface area contributed by atoms with Crippen molar-refractivity contribution in [2.24, 2.45) is 0 Å². The van der Waals surface area contributed by atoms with E-state index in [1.54, 1.807) is 12.1 Å². The standard InChI is InChI=1S/C14H11BrClF/c1-9-5-7-10(8-6-9)14(16)13-11(15)3-2-4-12(13)17/h2-8,14H,1H3. The van der Waals surface area contributed by atoms with Crippen molar-refractivity contribution < 1.29 is 4.39 Å². The molecule has 0 N–H and O–H groups in total. The summed E-state index contributed by atoms with van der Waals surface area (Å²) in [5.41, 5.74) is 2.53. The minimum absolute atomic E-state index is 0.292. The van der Waals surface area contributed by atoms with Gasteiger partial charge in [0.2, 0.25) is 0 Å². The molecule has 2 rings (SSSR count). The van der Waals surface area contributed by atoms with Crippen molar-refractivity contribution in [1.82, 2.24) is 0 Å². The molecule has 1 unspecified atom stereocenters. The lowest BCUT2D eigenvalue weighted by Gasteiger charge is -2.13. The first-order valence-corrected chi connectivity index (χ1v) is 6.47. The van der Waals surface area contributed by atoms with Crippen LogP contribution in [0.25, 0.3) is 0 Å². The van der Waals surface area contributed by atoms with Gasteiger partial charge in [0.25, 0.3) is 0 Å². The molecule has 0 nitrogen and oxygen atoms in total. The molecular formula is C14H11BrClF. The van der Waals surface area contributed by atoms with Crippen LogP contribution in [0.2, 0.25) is 0 Å². The van der Waals surface area contributed by atoms with E-state index in [9.17, 15) is 4.39 Å². The minimum Gasteiger partial charge on any atom is -0.207 e. The SMILES string of the molecule is Cc1ccc(C(Cl)c2c(F)cccc2Br)cc1. The zero-order valence-corrected chi connectivity index (χ0v) is 11.6. The number of rotatable bonds is 2. The summed E-state index contributed by atoms with van der Waals surface area (Å²) in [6, 6.07) is 12.7. The fourth-order valence-electron chi connectivity index (χ4n) is 1.65. The molecule has 0 heterocycles. The molecule has 1 atom stereocenters. The topological polar surface area (TPSA) is 0 Å². The van der Waals surface area contributed by atoms with Gasteiger partial charge in [-0.1, -0.05) is 51.8 Å². The Kier molecular flexibility index (Phi) is 3.85. The first-order chi connectivity index (χ1) is 8.09. The third-order valence-electron chi connectivity index (χ3n) is 2.62. The van der Waals surface area contributed by atoms with Crippen LogP contribution >= 0.6 is 27.5 Å². The molecule has 88 valence electrons. The second kappa shape index (κ2) is 5.19. The molecule has 3 heteroatoms. The molecular weight excluding hydrogens is 303 g/mol. The number of hydrogen-bond donors (Lipinski definition) is 0. The van der Waals surface area contributed by atoms with Crippen LogP contribution in [0.15, 0.2) is 46.9 Å². The van der Waals surface area contributed by atoms with E-state index >= 15 is 0 Å². The lowest BCUT2D eigenvalue weighted by molar-refractivity contribution is 0.611. The second-order valence-electron chi connectivity index (χ2n) is 3.91. The van der Waals surface area contributed by atoms with E-state index in [-0.39, 0.29) is 5.82 Å². The average Bonchev–Trinajstić information content (AvgIpc) is 2.29. The third kappa shape index (κ3) is 2.70. The fourth-order valence-corrected chi connectivity index (χ4v) is 2.72. The molecule has 0 radical (unpaired) electrons. The minimum atomic E-state index is -0.480. The summed E-state index contributed by atoms with van der Waals surface area (Å²) in [7, 11) is 0. The Morgan fingerprint density at radius 2 is 1.76 bits per heavy atom. The average molecular weight is 314 g/mol. The van der Waals surface area contributed by atoms with E-state index in [0.29, 0.717) is 10.0 Å². The van der Waals surface area contributed by atoms with Crippen molar-refractivity contribution in [3.63, 3.8) is 0 Å². The number of aryl methyl sites for hydroxylation is 1. The van der Waals surface area contributed by atoms with Gasteiger partial charge in [0.05, 0.1) is 5.38 Å². The van der Waals surface area contributed by atoms with Crippen molar-refractivity contribution in [3.05, 3.63) is 69.4 Å². The van der Waals surface area contributed by atoms with Crippen LogP contribution in [-0.4, -0.2) is 0 Å². The van der Waals surface area contributed by atoms with Crippen molar-refractivity contribution in [2.75, 3.05) is 0 Å². The normalized spacial score (nSPS) is 12.5. The number of benzene rings is 2. The van der Waals surface area contributed by atoms with Gasteiger partial charge in [0.1, 0.15) is 5.82 Å². The second-order valence-corrected chi connectivity index (χ2v) is 5.20. The van der Waals surface area contributed by atoms with E-state index in [1.807, 2.05) is 31.2 Å². The van der Waals surface area contributed by atoms with E-state index < -0.39 is 5.38 Å². The Bertz CT molecular complexity index is 502. The molecule has 0 aliphatic carbocycles. The molecule has 17 heavy (non-hydrogen) atoms. The lowest BCUT2D eigenvalue weighted by Crippen LogP contribution is -1.98. The Labute approximate surface area is 114 Å². The predicted octanol–water partition coefficient (Wildman–Crippen LogP) is 5.22. The fraction of sp³-hybridized carbons (Fsp3) is 0.143. The highest BCUT2D eigenvalue weighted by atomic mass is 79.9. The van der Waals surface area contributed by atoms with Crippen LogP contribution in [0.4, 0.5) is 4.39 Å². The maximum Gasteiger partial charge on any atom is 0.129 e. The van der Waals surface area contributed by atoms with Gasteiger partial charge in [-0.15, -0.1) is 11.6 Å². The summed E-state index contributed by atoms with van der Waals surface area (Å²) >= 11 is 9.66. The number of halogens is 3. The highest BCUT2D eigenvalue weighted by molar-refractivity contribution is 9.10. The van der Waals surface area contributed by atoms with Gasteiger partial charge in [-0.05, 0) is 24.6 Å². The van der Waals surface area contributed by atoms with Crippen LogP contribution in [0, 0.1) is 12.7 Å². The summed E-state index contributed by atoms with van der Waals surface area (Å²) in [4.78, 5) is 0. The Hall–Kier alpha value is -0.860. The van der Waals surface area contributed by atoms with Crippen molar-refractivity contribution >= 4 is 27.5 Å². The molecule has 0 saturated heterocycles. The summed E-state index contributed by atoms with van der Waals surface area (Å²) < 4.78 is 14.4. The molecule has 0 aliphatic rings.